The summed E-state index contributed by atoms with van der Waals surface area (Å²) in [5.41, 5.74) is 2.49. The van der Waals surface area contributed by atoms with Crippen LogP contribution in [0.4, 0.5) is 0 Å². The van der Waals surface area contributed by atoms with Gasteiger partial charge in [-0.3, -0.25) is 9.69 Å². The molecule has 0 spiro atoms. The van der Waals surface area contributed by atoms with Crippen molar-refractivity contribution in [3.8, 4) is 0 Å². The molecule has 0 aliphatic heterocycles. The Hall–Kier alpha value is -1.35. The van der Waals surface area contributed by atoms with Crippen LogP contribution in [0.2, 0.25) is 0 Å². The lowest BCUT2D eigenvalue weighted by Crippen LogP contribution is -2.23. The molecule has 3 heteroatoms. The first-order valence-corrected chi connectivity index (χ1v) is 5.78. The Balaban J connectivity index is 2.73. The lowest BCUT2D eigenvalue weighted by atomic mass is 10.1. The van der Waals surface area contributed by atoms with Gasteiger partial charge in [0.25, 0.3) is 0 Å². The van der Waals surface area contributed by atoms with Crippen LogP contribution >= 0.6 is 0 Å². The van der Waals surface area contributed by atoms with E-state index in [-0.39, 0.29) is 0 Å². The third-order valence-corrected chi connectivity index (χ3v) is 2.78. The van der Waals surface area contributed by atoms with E-state index in [4.69, 9.17) is 0 Å². The van der Waals surface area contributed by atoms with Gasteiger partial charge in [0.1, 0.15) is 0 Å². The molecule has 0 radical (unpaired) electrons. The van der Waals surface area contributed by atoms with Crippen LogP contribution < -0.4 is 5.32 Å². The Morgan fingerprint density at radius 2 is 1.81 bits per heavy atom. The van der Waals surface area contributed by atoms with Crippen LogP contribution in [0.5, 0.6) is 0 Å². The molecule has 0 bridgehead atoms. The van der Waals surface area contributed by atoms with Gasteiger partial charge < -0.3 is 5.32 Å². The van der Waals surface area contributed by atoms with E-state index in [9.17, 15) is 4.79 Å². The lowest BCUT2D eigenvalue weighted by Gasteiger charge is -2.20. The van der Waals surface area contributed by atoms with Crippen molar-refractivity contribution < 1.29 is 4.79 Å². The highest BCUT2D eigenvalue weighted by molar-refractivity contribution is 5.46. The summed E-state index contributed by atoms with van der Waals surface area (Å²) in [5.74, 6) is 0. The van der Waals surface area contributed by atoms with Gasteiger partial charge in [-0.25, -0.2) is 0 Å². The van der Waals surface area contributed by atoms with Crippen LogP contribution in [-0.2, 0) is 17.9 Å². The first-order chi connectivity index (χ1) is 7.81. The van der Waals surface area contributed by atoms with E-state index < -0.39 is 0 Å². The molecule has 0 aromatic heterocycles. The normalized spacial score (nSPS) is 10.4. The summed E-state index contributed by atoms with van der Waals surface area (Å²) in [4.78, 5) is 12.7. The molecule has 0 saturated carbocycles. The van der Waals surface area contributed by atoms with E-state index in [0.717, 1.165) is 26.0 Å². The molecular formula is C13H20N2O. The maximum absolute atomic E-state index is 10.3. The number of hydrogen-bond donors (Lipinski definition) is 1. The Morgan fingerprint density at radius 1 is 1.19 bits per heavy atom. The van der Waals surface area contributed by atoms with Crippen molar-refractivity contribution in [2.75, 3.05) is 13.1 Å². The molecule has 1 amide bonds. The summed E-state index contributed by atoms with van der Waals surface area (Å²) in [6, 6.07) is 8.24. The van der Waals surface area contributed by atoms with Crippen LogP contribution in [0.15, 0.2) is 24.3 Å². The molecule has 0 aliphatic rings. The molecule has 88 valence electrons. The average Bonchev–Trinajstić information content (AvgIpc) is 2.34. The van der Waals surface area contributed by atoms with E-state index in [2.05, 4.69) is 36.2 Å². The number of carbonyl (C=O) groups is 1. The number of rotatable bonds is 7. The smallest absolute Gasteiger partial charge is 0.207 e. The zero-order valence-electron chi connectivity index (χ0n) is 10.1. The predicted molar refractivity (Wildman–Crippen MR) is 66.0 cm³/mol. The number of amides is 1. The van der Waals surface area contributed by atoms with Gasteiger partial charge in [0.15, 0.2) is 0 Å². The molecule has 0 saturated heterocycles. The Labute approximate surface area is 97.5 Å². The Bertz CT molecular complexity index is 321. The van der Waals surface area contributed by atoms with Gasteiger partial charge in [0.05, 0.1) is 0 Å². The largest absolute Gasteiger partial charge is 0.355 e. The molecule has 0 heterocycles. The zero-order valence-corrected chi connectivity index (χ0v) is 10.1. The number of benzene rings is 1. The fourth-order valence-corrected chi connectivity index (χ4v) is 1.72. The highest BCUT2D eigenvalue weighted by atomic mass is 16.1. The van der Waals surface area contributed by atoms with Crippen molar-refractivity contribution in [2.24, 2.45) is 0 Å². The van der Waals surface area contributed by atoms with Gasteiger partial charge in [0, 0.05) is 13.1 Å². The van der Waals surface area contributed by atoms with E-state index in [1.165, 1.54) is 11.1 Å². The predicted octanol–water partition coefficient (Wildman–Crippen LogP) is 1.77. The zero-order chi connectivity index (χ0) is 11.8. The average molecular weight is 220 g/mol. The number of carbonyl (C=O) groups excluding carboxylic acids is 1. The first kappa shape index (κ1) is 12.7. The van der Waals surface area contributed by atoms with Gasteiger partial charge >= 0.3 is 0 Å². The number of nitrogens with zero attached hydrogens (tertiary/aromatic N) is 1. The monoisotopic (exact) mass is 220 g/mol. The highest BCUT2D eigenvalue weighted by Gasteiger charge is 2.05. The van der Waals surface area contributed by atoms with Crippen LogP contribution in [-0.4, -0.2) is 24.4 Å². The minimum Gasteiger partial charge on any atom is -0.355 e. The van der Waals surface area contributed by atoms with Gasteiger partial charge in [-0.15, -0.1) is 0 Å². The minimum atomic E-state index is 0.612. The third-order valence-electron chi connectivity index (χ3n) is 2.78. The number of nitrogens with one attached hydrogen (secondary N) is 1. The van der Waals surface area contributed by atoms with Crippen LogP contribution in [0.1, 0.15) is 25.0 Å². The maximum atomic E-state index is 10.3. The molecule has 16 heavy (non-hydrogen) atoms. The number of hydrogen-bond acceptors (Lipinski definition) is 2. The second-order valence-corrected chi connectivity index (χ2v) is 3.73. The molecule has 0 fully saturated rings. The molecule has 0 aliphatic carbocycles. The molecular weight excluding hydrogens is 200 g/mol. The summed E-state index contributed by atoms with van der Waals surface area (Å²) in [6.45, 7) is 7.98. The first-order valence-electron chi connectivity index (χ1n) is 5.78. The van der Waals surface area contributed by atoms with Crippen molar-refractivity contribution in [1.82, 2.24) is 10.2 Å². The van der Waals surface area contributed by atoms with E-state index in [1.54, 1.807) is 0 Å². The lowest BCUT2D eigenvalue weighted by molar-refractivity contribution is -0.109. The van der Waals surface area contributed by atoms with Crippen molar-refractivity contribution in [1.29, 1.82) is 0 Å². The third kappa shape index (κ3) is 3.66. The second-order valence-electron chi connectivity index (χ2n) is 3.73. The van der Waals surface area contributed by atoms with Gasteiger partial charge in [-0.05, 0) is 24.2 Å². The van der Waals surface area contributed by atoms with E-state index >= 15 is 0 Å². The molecule has 1 aromatic rings. The topological polar surface area (TPSA) is 32.3 Å². The molecule has 0 unspecified atom stereocenters. The standard InChI is InChI=1S/C13H20N2O/c1-3-15(4-2)10-13-8-6-5-7-12(13)9-14-11-16/h5-8,11H,3-4,9-10H2,1-2H3,(H,14,16). The van der Waals surface area contributed by atoms with Gasteiger partial charge in [-0.2, -0.15) is 0 Å². The van der Waals surface area contributed by atoms with Crippen molar-refractivity contribution in [2.45, 2.75) is 26.9 Å². The van der Waals surface area contributed by atoms with E-state index in [1.807, 2.05) is 12.1 Å². The second kappa shape index (κ2) is 7.01. The van der Waals surface area contributed by atoms with Crippen LogP contribution in [0.25, 0.3) is 0 Å². The van der Waals surface area contributed by atoms with Gasteiger partial charge in [-0.1, -0.05) is 38.1 Å². The van der Waals surface area contributed by atoms with Crippen molar-refractivity contribution >= 4 is 6.41 Å². The van der Waals surface area contributed by atoms with E-state index in [0.29, 0.717) is 6.54 Å². The van der Waals surface area contributed by atoms with Gasteiger partial charge in [0.2, 0.25) is 6.41 Å². The van der Waals surface area contributed by atoms with Crippen LogP contribution in [0, 0.1) is 0 Å². The summed E-state index contributed by atoms with van der Waals surface area (Å²) < 4.78 is 0. The van der Waals surface area contributed by atoms with Crippen molar-refractivity contribution in [3.05, 3.63) is 35.4 Å². The molecule has 1 N–H and O–H groups in total. The summed E-state index contributed by atoms with van der Waals surface area (Å²) >= 11 is 0. The fraction of sp³-hybridized carbons (Fsp3) is 0.462. The summed E-state index contributed by atoms with van der Waals surface area (Å²) in [5, 5.41) is 2.72. The molecule has 1 aromatic carbocycles. The summed E-state index contributed by atoms with van der Waals surface area (Å²) in [6.07, 6.45) is 0.744. The fourth-order valence-electron chi connectivity index (χ4n) is 1.72. The molecule has 0 atom stereocenters. The molecule has 3 nitrogen and oxygen atoms in total. The maximum Gasteiger partial charge on any atom is 0.207 e. The Kier molecular flexibility index (Phi) is 5.57. The highest BCUT2D eigenvalue weighted by Crippen LogP contribution is 2.11. The van der Waals surface area contributed by atoms with Crippen LogP contribution in [0.3, 0.4) is 0 Å². The molecule has 1 rings (SSSR count). The Morgan fingerprint density at radius 3 is 2.38 bits per heavy atom. The quantitative estimate of drug-likeness (QED) is 0.710. The summed E-state index contributed by atoms with van der Waals surface area (Å²) in [7, 11) is 0. The minimum absolute atomic E-state index is 0.612. The SMILES string of the molecule is CCN(CC)Cc1ccccc1CNC=O. The van der Waals surface area contributed by atoms with Crippen molar-refractivity contribution in [3.63, 3.8) is 0 Å².